The lowest BCUT2D eigenvalue weighted by Crippen LogP contribution is -2.17. The third kappa shape index (κ3) is 3.71. The van der Waals surface area contributed by atoms with E-state index >= 15 is 0 Å². The van der Waals surface area contributed by atoms with E-state index in [0.717, 1.165) is 5.69 Å². The first kappa shape index (κ1) is 11.7. The number of ether oxygens (including phenoxy) is 1. The van der Waals surface area contributed by atoms with Gasteiger partial charge in [0.05, 0.1) is 12.7 Å². The van der Waals surface area contributed by atoms with Crippen LogP contribution in [0.2, 0.25) is 0 Å². The predicted molar refractivity (Wildman–Crippen MR) is 54.5 cm³/mol. The fourth-order valence-corrected chi connectivity index (χ4v) is 1.55. The molecule has 0 saturated carbocycles. The maximum absolute atomic E-state index is 10.6. The molecule has 0 bridgehead atoms. The average molecular weight is 212 g/mol. The number of aliphatic carboxylic acids is 1. The first-order chi connectivity index (χ1) is 7.13. The van der Waals surface area contributed by atoms with Crippen LogP contribution in [0.5, 0.6) is 0 Å². The minimum absolute atomic E-state index is 0.00269. The van der Waals surface area contributed by atoms with Crippen molar-refractivity contribution in [3.05, 3.63) is 18.2 Å². The smallest absolute Gasteiger partial charge is 0.303 e. The molecule has 5 nitrogen and oxygen atoms in total. The van der Waals surface area contributed by atoms with Crippen molar-refractivity contribution in [1.29, 1.82) is 0 Å². The number of hydrogen-bond acceptors (Lipinski definition) is 3. The van der Waals surface area contributed by atoms with E-state index in [9.17, 15) is 4.79 Å². The van der Waals surface area contributed by atoms with Crippen LogP contribution in [0.3, 0.4) is 0 Å². The van der Waals surface area contributed by atoms with Crippen LogP contribution in [0.25, 0.3) is 0 Å². The zero-order valence-electron chi connectivity index (χ0n) is 9.01. The summed E-state index contributed by atoms with van der Waals surface area (Å²) in [6, 6.07) is 0. The Morgan fingerprint density at radius 2 is 2.47 bits per heavy atom. The number of carbonyl (C=O) groups is 1. The molecule has 0 spiro atoms. The molecule has 0 aliphatic carbocycles. The van der Waals surface area contributed by atoms with Crippen LogP contribution in [0, 0.1) is 5.92 Å². The summed E-state index contributed by atoms with van der Waals surface area (Å²) in [6.45, 7) is 0.456. The van der Waals surface area contributed by atoms with Crippen molar-refractivity contribution in [2.45, 2.75) is 12.8 Å². The van der Waals surface area contributed by atoms with Gasteiger partial charge in [0.25, 0.3) is 0 Å². The molecular weight excluding hydrogens is 196 g/mol. The maximum atomic E-state index is 10.6. The topological polar surface area (TPSA) is 64.3 Å². The van der Waals surface area contributed by atoms with Crippen LogP contribution in [0.4, 0.5) is 0 Å². The lowest BCUT2D eigenvalue weighted by atomic mass is 10.0. The number of aromatic nitrogens is 2. The Labute approximate surface area is 88.7 Å². The van der Waals surface area contributed by atoms with Gasteiger partial charge in [-0.05, 0) is 12.3 Å². The Kier molecular flexibility index (Phi) is 4.30. The predicted octanol–water partition coefficient (Wildman–Crippen LogP) is 0.700. The third-order valence-corrected chi connectivity index (χ3v) is 2.28. The van der Waals surface area contributed by atoms with E-state index in [1.807, 2.05) is 11.6 Å². The third-order valence-electron chi connectivity index (χ3n) is 2.28. The Bertz CT molecular complexity index is 322. The van der Waals surface area contributed by atoms with E-state index in [-0.39, 0.29) is 12.3 Å². The quantitative estimate of drug-likeness (QED) is 0.754. The van der Waals surface area contributed by atoms with Gasteiger partial charge in [0.2, 0.25) is 0 Å². The Balaban J connectivity index is 2.58. The van der Waals surface area contributed by atoms with Crippen molar-refractivity contribution >= 4 is 5.97 Å². The SMILES string of the molecule is COCC(CC(=O)O)Cc1cncn1C. The van der Waals surface area contributed by atoms with Gasteiger partial charge < -0.3 is 14.4 Å². The van der Waals surface area contributed by atoms with Gasteiger partial charge in [0.1, 0.15) is 0 Å². The normalized spacial score (nSPS) is 12.7. The molecular formula is C10H16N2O3. The molecule has 1 atom stereocenters. The van der Waals surface area contributed by atoms with E-state index in [4.69, 9.17) is 9.84 Å². The van der Waals surface area contributed by atoms with Crippen molar-refractivity contribution in [2.24, 2.45) is 13.0 Å². The summed E-state index contributed by atoms with van der Waals surface area (Å²) < 4.78 is 6.89. The standard InChI is InChI=1S/C10H16N2O3/c1-12-7-11-5-9(12)3-8(6-15-2)4-10(13)14/h5,7-8H,3-4,6H2,1-2H3,(H,13,14). The zero-order chi connectivity index (χ0) is 11.3. The van der Waals surface area contributed by atoms with Crippen LogP contribution in [-0.2, 0) is 23.0 Å². The van der Waals surface area contributed by atoms with Crippen LogP contribution >= 0.6 is 0 Å². The number of carboxylic acid groups (broad SMARTS) is 1. The molecule has 1 heterocycles. The Morgan fingerprint density at radius 1 is 1.73 bits per heavy atom. The summed E-state index contributed by atoms with van der Waals surface area (Å²) >= 11 is 0. The molecule has 0 aromatic carbocycles. The summed E-state index contributed by atoms with van der Waals surface area (Å²) in [5.41, 5.74) is 1.03. The Hall–Kier alpha value is -1.36. The largest absolute Gasteiger partial charge is 0.481 e. The van der Waals surface area contributed by atoms with Gasteiger partial charge in [-0.2, -0.15) is 0 Å². The molecule has 5 heteroatoms. The van der Waals surface area contributed by atoms with Gasteiger partial charge in [-0.25, -0.2) is 4.98 Å². The van der Waals surface area contributed by atoms with Crippen LogP contribution < -0.4 is 0 Å². The molecule has 1 N–H and O–H groups in total. The molecule has 15 heavy (non-hydrogen) atoms. The van der Waals surface area contributed by atoms with Crippen molar-refractivity contribution in [3.8, 4) is 0 Å². The zero-order valence-corrected chi connectivity index (χ0v) is 9.01. The van der Waals surface area contributed by atoms with Crippen molar-refractivity contribution in [1.82, 2.24) is 9.55 Å². The summed E-state index contributed by atoms with van der Waals surface area (Å²) in [6.07, 6.45) is 4.26. The second kappa shape index (κ2) is 5.50. The highest BCUT2D eigenvalue weighted by Crippen LogP contribution is 2.12. The maximum Gasteiger partial charge on any atom is 0.303 e. The molecule has 84 valence electrons. The lowest BCUT2D eigenvalue weighted by molar-refractivity contribution is -0.138. The van der Waals surface area contributed by atoms with E-state index in [1.165, 1.54) is 0 Å². The van der Waals surface area contributed by atoms with Crippen molar-refractivity contribution in [2.75, 3.05) is 13.7 Å². The van der Waals surface area contributed by atoms with Gasteiger partial charge in [0.15, 0.2) is 0 Å². The van der Waals surface area contributed by atoms with Gasteiger partial charge in [-0.1, -0.05) is 0 Å². The molecule has 1 unspecified atom stereocenters. The summed E-state index contributed by atoms with van der Waals surface area (Å²) in [5.74, 6) is -0.790. The van der Waals surface area contributed by atoms with Gasteiger partial charge in [-0.15, -0.1) is 0 Å². The second-order valence-electron chi connectivity index (χ2n) is 3.62. The number of carboxylic acids is 1. The monoisotopic (exact) mass is 212 g/mol. The van der Waals surface area contributed by atoms with E-state index < -0.39 is 5.97 Å². The molecule has 1 rings (SSSR count). The van der Waals surface area contributed by atoms with Crippen LogP contribution in [0.15, 0.2) is 12.5 Å². The minimum atomic E-state index is -0.792. The number of hydrogen-bond donors (Lipinski definition) is 1. The first-order valence-corrected chi connectivity index (χ1v) is 4.79. The highest BCUT2D eigenvalue weighted by atomic mass is 16.5. The fourth-order valence-electron chi connectivity index (χ4n) is 1.55. The minimum Gasteiger partial charge on any atom is -0.481 e. The molecule has 0 fully saturated rings. The molecule has 1 aromatic rings. The fraction of sp³-hybridized carbons (Fsp3) is 0.600. The number of methoxy groups -OCH3 is 1. The first-order valence-electron chi connectivity index (χ1n) is 4.79. The molecule has 0 amide bonds. The average Bonchev–Trinajstić information content (AvgIpc) is 2.51. The number of aryl methyl sites for hydroxylation is 1. The molecule has 1 aromatic heterocycles. The van der Waals surface area contributed by atoms with Crippen molar-refractivity contribution < 1.29 is 14.6 Å². The van der Waals surface area contributed by atoms with Crippen LogP contribution in [-0.4, -0.2) is 34.3 Å². The summed E-state index contributed by atoms with van der Waals surface area (Å²) in [5, 5.41) is 8.73. The van der Waals surface area contributed by atoms with Crippen molar-refractivity contribution in [3.63, 3.8) is 0 Å². The van der Waals surface area contributed by atoms with Gasteiger partial charge in [-0.3, -0.25) is 4.79 Å². The number of imidazole rings is 1. The summed E-state index contributed by atoms with van der Waals surface area (Å²) in [7, 11) is 3.48. The number of rotatable bonds is 6. The van der Waals surface area contributed by atoms with Gasteiger partial charge in [0, 0.05) is 32.7 Å². The molecule has 0 radical (unpaired) electrons. The second-order valence-corrected chi connectivity index (χ2v) is 3.62. The van der Waals surface area contributed by atoms with Crippen LogP contribution in [0.1, 0.15) is 12.1 Å². The summed E-state index contributed by atoms with van der Waals surface area (Å²) in [4.78, 5) is 14.6. The highest BCUT2D eigenvalue weighted by molar-refractivity contribution is 5.67. The molecule has 0 aliphatic heterocycles. The molecule has 0 saturated heterocycles. The van der Waals surface area contributed by atoms with E-state index in [2.05, 4.69) is 4.98 Å². The van der Waals surface area contributed by atoms with E-state index in [1.54, 1.807) is 19.6 Å². The van der Waals surface area contributed by atoms with Gasteiger partial charge >= 0.3 is 5.97 Å². The number of nitrogens with zero attached hydrogens (tertiary/aromatic N) is 2. The Morgan fingerprint density at radius 3 is 2.93 bits per heavy atom. The highest BCUT2D eigenvalue weighted by Gasteiger charge is 2.15. The lowest BCUT2D eigenvalue weighted by Gasteiger charge is -2.13. The van der Waals surface area contributed by atoms with E-state index in [0.29, 0.717) is 13.0 Å². The molecule has 0 aliphatic rings.